The van der Waals surface area contributed by atoms with Gasteiger partial charge in [0.05, 0.1) is 6.10 Å². The van der Waals surface area contributed by atoms with Crippen LogP contribution in [0.4, 0.5) is 0 Å². The van der Waals surface area contributed by atoms with Crippen molar-refractivity contribution in [1.29, 1.82) is 0 Å². The van der Waals surface area contributed by atoms with Gasteiger partial charge in [0.25, 0.3) is 0 Å². The molecular weight excluding hydrogens is 232 g/mol. The number of rotatable bonds is 3. The van der Waals surface area contributed by atoms with Crippen molar-refractivity contribution in [3.05, 3.63) is 34.3 Å². The minimum atomic E-state index is -0.789. The molecule has 2 unspecified atom stereocenters. The van der Waals surface area contributed by atoms with Crippen LogP contribution in [-0.4, -0.2) is 16.3 Å². The van der Waals surface area contributed by atoms with Gasteiger partial charge in [-0.3, -0.25) is 0 Å². The first-order valence-electron chi connectivity index (χ1n) is 4.26. The molecule has 2 nitrogen and oxygen atoms in total. The standard InChI is InChI=1S/C10H13BrO2/c1-2-9(12)10(13)7-4-3-5-8(11)6-7/h3-6,9-10,12-13H,2H2,1H3. The van der Waals surface area contributed by atoms with Crippen LogP contribution in [0.1, 0.15) is 25.0 Å². The third-order valence-corrected chi connectivity index (χ3v) is 2.47. The molecule has 1 aromatic carbocycles. The molecule has 0 aromatic heterocycles. The van der Waals surface area contributed by atoms with Crippen molar-refractivity contribution in [2.24, 2.45) is 0 Å². The second-order valence-electron chi connectivity index (χ2n) is 2.98. The molecule has 0 saturated carbocycles. The highest BCUT2D eigenvalue weighted by molar-refractivity contribution is 9.10. The lowest BCUT2D eigenvalue weighted by molar-refractivity contribution is 0.0164. The molecule has 2 atom stereocenters. The zero-order valence-electron chi connectivity index (χ0n) is 7.44. The Morgan fingerprint density at radius 2 is 2.08 bits per heavy atom. The van der Waals surface area contributed by atoms with Gasteiger partial charge in [-0.15, -0.1) is 0 Å². The molecule has 0 heterocycles. The van der Waals surface area contributed by atoms with Gasteiger partial charge in [0, 0.05) is 4.47 Å². The summed E-state index contributed by atoms with van der Waals surface area (Å²) < 4.78 is 0.910. The molecule has 2 N–H and O–H groups in total. The molecule has 0 aliphatic heterocycles. The Morgan fingerprint density at radius 1 is 1.38 bits per heavy atom. The summed E-state index contributed by atoms with van der Waals surface area (Å²) in [4.78, 5) is 0. The number of hydrogen-bond acceptors (Lipinski definition) is 2. The number of aliphatic hydroxyl groups excluding tert-OH is 2. The molecule has 0 spiro atoms. The minimum absolute atomic E-state index is 0.549. The van der Waals surface area contributed by atoms with E-state index in [1.54, 1.807) is 6.07 Å². The SMILES string of the molecule is CCC(O)C(O)c1cccc(Br)c1. The average molecular weight is 245 g/mol. The molecule has 0 radical (unpaired) electrons. The first kappa shape index (κ1) is 10.7. The van der Waals surface area contributed by atoms with Gasteiger partial charge in [0.2, 0.25) is 0 Å². The van der Waals surface area contributed by atoms with Crippen LogP contribution >= 0.6 is 15.9 Å². The van der Waals surface area contributed by atoms with Crippen molar-refractivity contribution in [3.8, 4) is 0 Å². The van der Waals surface area contributed by atoms with Gasteiger partial charge in [-0.05, 0) is 24.1 Å². The van der Waals surface area contributed by atoms with Crippen LogP contribution < -0.4 is 0 Å². The highest BCUT2D eigenvalue weighted by Crippen LogP contribution is 2.21. The molecule has 72 valence electrons. The summed E-state index contributed by atoms with van der Waals surface area (Å²) in [6, 6.07) is 7.33. The van der Waals surface area contributed by atoms with Crippen LogP contribution in [0.25, 0.3) is 0 Å². The van der Waals surface area contributed by atoms with Crippen molar-refractivity contribution in [2.75, 3.05) is 0 Å². The summed E-state index contributed by atoms with van der Waals surface area (Å²) >= 11 is 3.31. The van der Waals surface area contributed by atoms with Gasteiger partial charge >= 0.3 is 0 Å². The predicted octanol–water partition coefficient (Wildman–Crippen LogP) is 2.25. The Bertz CT molecular complexity index is 275. The fourth-order valence-electron chi connectivity index (χ4n) is 1.14. The van der Waals surface area contributed by atoms with E-state index >= 15 is 0 Å². The fourth-order valence-corrected chi connectivity index (χ4v) is 1.55. The van der Waals surface area contributed by atoms with Crippen molar-refractivity contribution < 1.29 is 10.2 Å². The maximum Gasteiger partial charge on any atom is 0.105 e. The molecule has 1 aromatic rings. The summed E-state index contributed by atoms with van der Waals surface area (Å²) in [5.74, 6) is 0. The molecule has 0 saturated heterocycles. The molecular formula is C10H13BrO2. The van der Waals surface area contributed by atoms with E-state index in [4.69, 9.17) is 0 Å². The zero-order valence-corrected chi connectivity index (χ0v) is 9.03. The Morgan fingerprint density at radius 3 is 2.62 bits per heavy atom. The van der Waals surface area contributed by atoms with Crippen LogP contribution in [0.5, 0.6) is 0 Å². The van der Waals surface area contributed by atoms with Crippen LogP contribution in [0.3, 0.4) is 0 Å². The first-order valence-corrected chi connectivity index (χ1v) is 5.06. The van der Waals surface area contributed by atoms with Gasteiger partial charge in [-0.25, -0.2) is 0 Å². The van der Waals surface area contributed by atoms with Crippen molar-refractivity contribution in [3.63, 3.8) is 0 Å². The average Bonchev–Trinajstić information content (AvgIpc) is 2.15. The second-order valence-corrected chi connectivity index (χ2v) is 3.89. The number of hydrogen-bond donors (Lipinski definition) is 2. The Balaban J connectivity index is 2.82. The van der Waals surface area contributed by atoms with Gasteiger partial charge in [-0.1, -0.05) is 35.0 Å². The lowest BCUT2D eigenvalue weighted by atomic mass is 10.0. The molecule has 0 aliphatic rings. The molecule has 0 fully saturated rings. The van der Waals surface area contributed by atoms with Gasteiger partial charge in [0.15, 0.2) is 0 Å². The van der Waals surface area contributed by atoms with E-state index in [2.05, 4.69) is 15.9 Å². The zero-order chi connectivity index (χ0) is 9.84. The first-order chi connectivity index (χ1) is 6.15. The third kappa shape index (κ3) is 2.79. The van der Waals surface area contributed by atoms with Crippen LogP contribution in [0.2, 0.25) is 0 Å². The lowest BCUT2D eigenvalue weighted by Gasteiger charge is -2.16. The molecule has 0 amide bonds. The summed E-state index contributed by atoms with van der Waals surface area (Å²) in [6.45, 7) is 1.84. The maximum atomic E-state index is 9.64. The van der Waals surface area contributed by atoms with E-state index in [-0.39, 0.29) is 0 Å². The van der Waals surface area contributed by atoms with Crippen molar-refractivity contribution in [2.45, 2.75) is 25.6 Å². The third-order valence-electron chi connectivity index (χ3n) is 1.97. The maximum absolute atomic E-state index is 9.64. The van der Waals surface area contributed by atoms with E-state index in [0.29, 0.717) is 6.42 Å². The molecule has 13 heavy (non-hydrogen) atoms. The van der Waals surface area contributed by atoms with Gasteiger partial charge in [0.1, 0.15) is 6.10 Å². The second kappa shape index (κ2) is 4.74. The number of benzene rings is 1. The summed E-state index contributed by atoms with van der Waals surface area (Å²) in [5, 5.41) is 19.0. The van der Waals surface area contributed by atoms with E-state index < -0.39 is 12.2 Å². The van der Waals surface area contributed by atoms with Crippen LogP contribution in [-0.2, 0) is 0 Å². The Labute approximate surface area is 86.3 Å². The van der Waals surface area contributed by atoms with E-state index in [0.717, 1.165) is 10.0 Å². The largest absolute Gasteiger partial charge is 0.390 e. The normalized spacial score (nSPS) is 15.4. The monoisotopic (exact) mass is 244 g/mol. The highest BCUT2D eigenvalue weighted by atomic mass is 79.9. The highest BCUT2D eigenvalue weighted by Gasteiger charge is 2.15. The van der Waals surface area contributed by atoms with E-state index in [9.17, 15) is 10.2 Å². The molecule has 1 rings (SSSR count). The number of aliphatic hydroxyl groups is 2. The van der Waals surface area contributed by atoms with Gasteiger partial charge < -0.3 is 10.2 Å². The fraction of sp³-hybridized carbons (Fsp3) is 0.400. The smallest absolute Gasteiger partial charge is 0.105 e. The minimum Gasteiger partial charge on any atom is -0.390 e. The summed E-state index contributed by atoms with van der Waals surface area (Å²) in [7, 11) is 0. The van der Waals surface area contributed by atoms with Crippen molar-refractivity contribution in [1.82, 2.24) is 0 Å². The summed E-state index contributed by atoms with van der Waals surface area (Å²) in [6.07, 6.45) is -0.926. The van der Waals surface area contributed by atoms with Crippen LogP contribution in [0, 0.1) is 0 Å². The van der Waals surface area contributed by atoms with E-state index in [1.165, 1.54) is 0 Å². The number of halogens is 1. The van der Waals surface area contributed by atoms with Crippen LogP contribution in [0.15, 0.2) is 28.7 Å². The quantitative estimate of drug-likeness (QED) is 0.857. The lowest BCUT2D eigenvalue weighted by Crippen LogP contribution is -2.16. The Kier molecular flexibility index (Phi) is 3.90. The molecule has 3 heteroatoms. The van der Waals surface area contributed by atoms with Crippen molar-refractivity contribution >= 4 is 15.9 Å². The topological polar surface area (TPSA) is 40.5 Å². The molecule has 0 aliphatic carbocycles. The molecule has 0 bridgehead atoms. The predicted molar refractivity (Wildman–Crippen MR) is 55.4 cm³/mol. The Hall–Kier alpha value is -0.380. The van der Waals surface area contributed by atoms with E-state index in [1.807, 2.05) is 25.1 Å². The van der Waals surface area contributed by atoms with Gasteiger partial charge in [-0.2, -0.15) is 0 Å². The summed E-state index contributed by atoms with van der Waals surface area (Å²) in [5.41, 5.74) is 0.740.